The number of rotatable bonds is 6. The predicted octanol–water partition coefficient (Wildman–Crippen LogP) is 2.13. The molecule has 0 spiro atoms. The molecule has 2 unspecified atom stereocenters. The van der Waals surface area contributed by atoms with E-state index in [4.69, 9.17) is 9.84 Å². The van der Waals surface area contributed by atoms with Gasteiger partial charge in [0.1, 0.15) is 0 Å². The molecule has 4 nitrogen and oxygen atoms in total. The van der Waals surface area contributed by atoms with Crippen molar-refractivity contribution in [1.29, 1.82) is 0 Å². The van der Waals surface area contributed by atoms with Crippen molar-refractivity contribution >= 4 is 5.97 Å². The number of carboxylic acid groups (broad SMARTS) is 1. The summed E-state index contributed by atoms with van der Waals surface area (Å²) in [5.41, 5.74) is 0. The van der Waals surface area contributed by atoms with Crippen molar-refractivity contribution in [2.24, 2.45) is 5.92 Å². The normalized spacial score (nSPS) is 29.6. The molecular formula is C14H25NO3. The zero-order valence-electron chi connectivity index (χ0n) is 11.1. The largest absolute Gasteiger partial charge is 0.481 e. The Morgan fingerprint density at radius 3 is 2.89 bits per heavy atom. The lowest BCUT2D eigenvalue weighted by atomic mass is 9.93. The van der Waals surface area contributed by atoms with E-state index in [9.17, 15) is 4.79 Å². The first-order chi connectivity index (χ1) is 8.74. The van der Waals surface area contributed by atoms with Crippen LogP contribution in [0, 0.1) is 5.92 Å². The summed E-state index contributed by atoms with van der Waals surface area (Å²) in [6.45, 7) is 4.32. The summed E-state index contributed by atoms with van der Waals surface area (Å²) in [4.78, 5) is 13.1. The van der Waals surface area contributed by atoms with Gasteiger partial charge < -0.3 is 14.7 Å². The molecule has 2 rings (SSSR count). The van der Waals surface area contributed by atoms with Crippen molar-refractivity contribution in [2.75, 3.05) is 26.2 Å². The molecular weight excluding hydrogens is 230 g/mol. The highest BCUT2D eigenvalue weighted by atomic mass is 16.5. The van der Waals surface area contributed by atoms with Crippen LogP contribution in [0.15, 0.2) is 0 Å². The molecule has 0 aromatic carbocycles. The smallest absolute Gasteiger partial charge is 0.303 e. The quantitative estimate of drug-likeness (QED) is 0.790. The van der Waals surface area contributed by atoms with Gasteiger partial charge in [0.2, 0.25) is 0 Å². The first-order valence-electron chi connectivity index (χ1n) is 7.30. The molecule has 0 aromatic heterocycles. The Labute approximate surface area is 109 Å². The molecule has 2 fully saturated rings. The molecule has 0 aliphatic carbocycles. The van der Waals surface area contributed by atoms with Crippen LogP contribution in [0.3, 0.4) is 0 Å². The molecule has 2 atom stereocenters. The maximum Gasteiger partial charge on any atom is 0.303 e. The third-order valence-electron chi connectivity index (χ3n) is 4.16. The van der Waals surface area contributed by atoms with Gasteiger partial charge in [-0.05, 0) is 51.0 Å². The summed E-state index contributed by atoms with van der Waals surface area (Å²) in [7, 11) is 0. The fourth-order valence-corrected chi connectivity index (χ4v) is 3.12. The average Bonchev–Trinajstić information content (AvgIpc) is 2.87. The van der Waals surface area contributed by atoms with Crippen LogP contribution in [0.5, 0.6) is 0 Å². The lowest BCUT2D eigenvalue weighted by Gasteiger charge is -2.33. The van der Waals surface area contributed by atoms with Crippen LogP contribution in [0.1, 0.15) is 44.9 Å². The monoisotopic (exact) mass is 255 g/mol. The van der Waals surface area contributed by atoms with E-state index in [1.807, 2.05) is 0 Å². The first-order valence-corrected chi connectivity index (χ1v) is 7.30. The fourth-order valence-electron chi connectivity index (χ4n) is 3.12. The summed E-state index contributed by atoms with van der Waals surface area (Å²) in [5.74, 6) is -0.0779. The number of aliphatic carboxylic acids is 1. The number of ether oxygens (including phenoxy) is 1. The maximum atomic E-state index is 10.6. The van der Waals surface area contributed by atoms with Crippen LogP contribution in [0.4, 0.5) is 0 Å². The van der Waals surface area contributed by atoms with Gasteiger partial charge in [-0.2, -0.15) is 0 Å². The molecule has 0 saturated carbocycles. The highest BCUT2D eigenvalue weighted by molar-refractivity contribution is 5.66. The van der Waals surface area contributed by atoms with Crippen LogP contribution in [0.2, 0.25) is 0 Å². The Morgan fingerprint density at radius 2 is 2.17 bits per heavy atom. The van der Waals surface area contributed by atoms with E-state index < -0.39 is 5.97 Å². The molecule has 0 amide bonds. The Hall–Kier alpha value is -0.610. The Morgan fingerprint density at radius 1 is 1.28 bits per heavy atom. The third kappa shape index (κ3) is 4.58. The molecule has 2 heterocycles. The SMILES string of the molecule is O=C(O)CCC1CCCN(CCC2CCCO2)C1. The summed E-state index contributed by atoms with van der Waals surface area (Å²) >= 11 is 0. The van der Waals surface area contributed by atoms with Crippen molar-refractivity contribution in [3.8, 4) is 0 Å². The fraction of sp³-hybridized carbons (Fsp3) is 0.929. The number of piperidine rings is 1. The minimum atomic E-state index is -0.661. The van der Waals surface area contributed by atoms with E-state index in [2.05, 4.69) is 4.90 Å². The lowest BCUT2D eigenvalue weighted by molar-refractivity contribution is -0.137. The van der Waals surface area contributed by atoms with Crippen molar-refractivity contribution in [3.63, 3.8) is 0 Å². The summed E-state index contributed by atoms with van der Waals surface area (Å²) in [6.07, 6.45) is 7.63. The molecule has 2 aliphatic rings. The molecule has 0 aromatic rings. The standard InChI is InChI=1S/C14H25NO3/c16-14(17)6-5-12-3-1-8-15(11-12)9-7-13-4-2-10-18-13/h12-13H,1-11H2,(H,16,17). The minimum Gasteiger partial charge on any atom is -0.481 e. The van der Waals surface area contributed by atoms with Crippen molar-refractivity contribution < 1.29 is 14.6 Å². The van der Waals surface area contributed by atoms with Crippen molar-refractivity contribution in [2.45, 2.75) is 51.0 Å². The van der Waals surface area contributed by atoms with E-state index in [1.54, 1.807) is 0 Å². The molecule has 104 valence electrons. The van der Waals surface area contributed by atoms with E-state index in [1.165, 1.54) is 32.2 Å². The van der Waals surface area contributed by atoms with Gasteiger partial charge in [0, 0.05) is 26.1 Å². The Balaban J connectivity index is 1.64. The maximum absolute atomic E-state index is 10.6. The third-order valence-corrected chi connectivity index (χ3v) is 4.16. The molecule has 1 N–H and O–H groups in total. The molecule has 4 heteroatoms. The summed E-state index contributed by atoms with van der Waals surface area (Å²) in [5, 5.41) is 8.73. The van der Waals surface area contributed by atoms with Gasteiger partial charge in [0.15, 0.2) is 0 Å². The van der Waals surface area contributed by atoms with Crippen LogP contribution in [0.25, 0.3) is 0 Å². The summed E-state index contributed by atoms with van der Waals surface area (Å²) in [6, 6.07) is 0. The van der Waals surface area contributed by atoms with Gasteiger partial charge in [0.25, 0.3) is 0 Å². The van der Waals surface area contributed by atoms with Crippen LogP contribution >= 0.6 is 0 Å². The Kier molecular flexibility index (Phi) is 5.45. The number of carbonyl (C=O) groups is 1. The first kappa shape index (κ1) is 13.8. The molecule has 0 radical (unpaired) electrons. The molecule has 18 heavy (non-hydrogen) atoms. The number of hydrogen-bond acceptors (Lipinski definition) is 3. The average molecular weight is 255 g/mol. The minimum absolute atomic E-state index is 0.324. The Bertz CT molecular complexity index is 264. The van der Waals surface area contributed by atoms with Crippen LogP contribution in [-0.2, 0) is 9.53 Å². The van der Waals surface area contributed by atoms with E-state index in [-0.39, 0.29) is 0 Å². The lowest BCUT2D eigenvalue weighted by Crippen LogP contribution is -2.37. The van der Waals surface area contributed by atoms with Gasteiger partial charge in [-0.15, -0.1) is 0 Å². The number of nitrogens with zero attached hydrogens (tertiary/aromatic N) is 1. The highest BCUT2D eigenvalue weighted by Crippen LogP contribution is 2.22. The highest BCUT2D eigenvalue weighted by Gasteiger charge is 2.22. The van der Waals surface area contributed by atoms with Gasteiger partial charge >= 0.3 is 5.97 Å². The van der Waals surface area contributed by atoms with Gasteiger partial charge in [-0.1, -0.05) is 0 Å². The molecule has 0 bridgehead atoms. The zero-order chi connectivity index (χ0) is 12.8. The number of hydrogen-bond donors (Lipinski definition) is 1. The van der Waals surface area contributed by atoms with E-state index in [0.29, 0.717) is 18.4 Å². The summed E-state index contributed by atoms with van der Waals surface area (Å²) < 4.78 is 5.65. The van der Waals surface area contributed by atoms with E-state index in [0.717, 1.165) is 32.5 Å². The van der Waals surface area contributed by atoms with Crippen LogP contribution in [-0.4, -0.2) is 48.3 Å². The topological polar surface area (TPSA) is 49.8 Å². The number of likely N-dealkylation sites (tertiary alicyclic amines) is 1. The molecule has 2 aliphatic heterocycles. The van der Waals surface area contributed by atoms with E-state index >= 15 is 0 Å². The van der Waals surface area contributed by atoms with Crippen molar-refractivity contribution in [1.82, 2.24) is 4.90 Å². The number of carboxylic acids is 1. The van der Waals surface area contributed by atoms with Gasteiger partial charge in [-0.3, -0.25) is 4.79 Å². The second-order valence-corrected chi connectivity index (χ2v) is 5.66. The van der Waals surface area contributed by atoms with Crippen LogP contribution < -0.4 is 0 Å². The van der Waals surface area contributed by atoms with Gasteiger partial charge in [0.05, 0.1) is 6.10 Å². The van der Waals surface area contributed by atoms with Gasteiger partial charge in [-0.25, -0.2) is 0 Å². The second-order valence-electron chi connectivity index (χ2n) is 5.66. The van der Waals surface area contributed by atoms with Crippen molar-refractivity contribution in [3.05, 3.63) is 0 Å². The zero-order valence-corrected chi connectivity index (χ0v) is 11.1. The predicted molar refractivity (Wildman–Crippen MR) is 69.6 cm³/mol. The molecule has 2 saturated heterocycles. The second kappa shape index (κ2) is 7.10.